The van der Waals surface area contributed by atoms with Crippen LogP contribution in [0.3, 0.4) is 0 Å². The largest absolute Gasteiger partial charge is 0.452 e. The molecule has 0 aliphatic rings. The van der Waals surface area contributed by atoms with Crippen LogP contribution in [0.1, 0.15) is 16.2 Å². The van der Waals surface area contributed by atoms with Crippen molar-refractivity contribution in [1.82, 2.24) is 10.2 Å². The molecule has 0 unspecified atom stereocenters. The Labute approximate surface area is 151 Å². The van der Waals surface area contributed by atoms with Crippen LogP contribution >= 0.6 is 11.6 Å². The normalized spacial score (nSPS) is 10.8. The summed E-state index contributed by atoms with van der Waals surface area (Å²) >= 11 is 5.81. The van der Waals surface area contributed by atoms with Crippen LogP contribution in [-0.4, -0.2) is 22.8 Å². The van der Waals surface area contributed by atoms with E-state index in [0.717, 1.165) is 0 Å². The topological polar surface area (TPSA) is 74.5 Å². The Kier molecular flexibility index (Phi) is 5.43. The van der Waals surface area contributed by atoms with Gasteiger partial charge in [-0.05, 0) is 48.5 Å². The first-order chi connectivity index (χ1) is 12.5. The Bertz CT molecular complexity index is 883. The number of rotatable bonds is 6. The van der Waals surface area contributed by atoms with Gasteiger partial charge >= 0.3 is 12.6 Å². The number of hydrogen-bond donors (Lipinski definition) is 0. The number of nitrogens with zero attached hydrogens (tertiary/aromatic N) is 2. The van der Waals surface area contributed by atoms with Gasteiger partial charge in [-0.15, -0.1) is 10.2 Å². The number of halogens is 3. The number of benzene rings is 2. The molecule has 134 valence electrons. The van der Waals surface area contributed by atoms with Crippen LogP contribution in [0, 0.1) is 0 Å². The molecule has 0 fully saturated rings. The maximum absolute atomic E-state index is 12.1. The van der Waals surface area contributed by atoms with E-state index in [1.165, 1.54) is 24.3 Å². The van der Waals surface area contributed by atoms with Crippen molar-refractivity contribution in [2.45, 2.75) is 13.2 Å². The predicted molar refractivity (Wildman–Crippen MR) is 86.9 cm³/mol. The van der Waals surface area contributed by atoms with Crippen molar-refractivity contribution < 1.29 is 27.5 Å². The molecular weight excluding hydrogens is 370 g/mol. The van der Waals surface area contributed by atoms with E-state index in [-0.39, 0.29) is 29.7 Å². The minimum absolute atomic E-state index is 0.0546. The molecule has 26 heavy (non-hydrogen) atoms. The van der Waals surface area contributed by atoms with Crippen molar-refractivity contribution >= 4 is 17.6 Å². The van der Waals surface area contributed by atoms with Crippen molar-refractivity contribution in [1.29, 1.82) is 0 Å². The van der Waals surface area contributed by atoms with Crippen LogP contribution in [0.5, 0.6) is 5.75 Å². The summed E-state index contributed by atoms with van der Waals surface area (Å²) in [7, 11) is 0. The molecule has 0 spiro atoms. The maximum atomic E-state index is 12.1. The van der Waals surface area contributed by atoms with E-state index in [0.29, 0.717) is 10.6 Å². The van der Waals surface area contributed by atoms with E-state index >= 15 is 0 Å². The van der Waals surface area contributed by atoms with Crippen molar-refractivity contribution in [2.75, 3.05) is 0 Å². The minimum atomic E-state index is -2.93. The summed E-state index contributed by atoms with van der Waals surface area (Å²) in [5.74, 6) is -0.344. The molecule has 0 amide bonds. The van der Waals surface area contributed by atoms with Gasteiger partial charge in [-0.1, -0.05) is 11.6 Å². The number of alkyl halides is 2. The molecule has 3 rings (SSSR count). The highest BCUT2D eigenvalue weighted by Gasteiger charge is 2.13. The molecule has 9 heteroatoms. The second-order valence-electron chi connectivity index (χ2n) is 4.99. The van der Waals surface area contributed by atoms with E-state index in [9.17, 15) is 13.6 Å². The number of hydrogen-bond acceptors (Lipinski definition) is 6. The Morgan fingerprint density at radius 2 is 1.77 bits per heavy atom. The molecule has 0 saturated carbocycles. The summed E-state index contributed by atoms with van der Waals surface area (Å²) < 4.78 is 38.9. The standard InChI is InChI=1S/C17H11ClF2N2O4/c18-12-5-1-10(2-6-12)15-22-21-14(26-15)9-24-16(23)11-3-7-13(8-4-11)25-17(19)20/h1-8,17H,9H2. The molecule has 1 heterocycles. The van der Waals surface area contributed by atoms with Crippen LogP contribution in [0.25, 0.3) is 11.5 Å². The first kappa shape index (κ1) is 17.8. The fourth-order valence-electron chi connectivity index (χ4n) is 2.00. The van der Waals surface area contributed by atoms with Gasteiger partial charge in [-0.2, -0.15) is 8.78 Å². The van der Waals surface area contributed by atoms with Crippen molar-refractivity contribution in [3.8, 4) is 17.2 Å². The van der Waals surface area contributed by atoms with Gasteiger partial charge in [0.25, 0.3) is 5.89 Å². The Morgan fingerprint density at radius 1 is 1.08 bits per heavy atom. The monoisotopic (exact) mass is 380 g/mol. The lowest BCUT2D eigenvalue weighted by Gasteiger charge is -2.05. The lowest BCUT2D eigenvalue weighted by atomic mass is 10.2. The fourth-order valence-corrected chi connectivity index (χ4v) is 2.13. The summed E-state index contributed by atoms with van der Waals surface area (Å²) in [6, 6.07) is 11.9. The second kappa shape index (κ2) is 7.92. The lowest BCUT2D eigenvalue weighted by molar-refractivity contribution is -0.0498. The molecule has 1 aromatic heterocycles. The molecule has 2 aromatic carbocycles. The predicted octanol–water partition coefficient (Wildman–Crippen LogP) is 4.35. The molecule has 0 bridgehead atoms. The van der Waals surface area contributed by atoms with Gasteiger partial charge < -0.3 is 13.9 Å². The van der Waals surface area contributed by atoms with Crippen LogP contribution in [-0.2, 0) is 11.3 Å². The molecule has 0 atom stereocenters. The van der Waals surface area contributed by atoms with Gasteiger partial charge in [0.2, 0.25) is 5.89 Å². The minimum Gasteiger partial charge on any atom is -0.452 e. The zero-order chi connectivity index (χ0) is 18.5. The Balaban J connectivity index is 1.58. The van der Waals surface area contributed by atoms with E-state index in [1.54, 1.807) is 24.3 Å². The average molecular weight is 381 g/mol. The number of carbonyl (C=O) groups is 1. The molecule has 0 saturated heterocycles. The molecular formula is C17H11ClF2N2O4. The number of carbonyl (C=O) groups excluding carboxylic acids is 1. The zero-order valence-electron chi connectivity index (χ0n) is 13.1. The quantitative estimate of drug-likeness (QED) is 0.592. The smallest absolute Gasteiger partial charge is 0.387 e. The van der Waals surface area contributed by atoms with Crippen LogP contribution in [0.2, 0.25) is 5.02 Å². The number of ether oxygens (including phenoxy) is 2. The summed E-state index contributed by atoms with van der Waals surface area (Å²) in [6.45, 7) is -3.16. The first-order valence-electron chi connectivity index (χ1n) is 7.31. The van der Waals surface area contributed by atoms with Crippen LogP contribution in [0.4, 0.5) is 8.78 Å². The van der Waals surface area contributed by atoms with Crippen molar-refractivity contribution in [2.24, 2.45) is 0 Å². The third-order valence-corrected chi connectivity index (χ3v) is 3.45. The number of esters is 1. The highest BCUT2D eigenvalue weighted by atomic mass is 35.5. The third-order valence-electron chi connectivity index (χ3n) is 3.20. The van der Waals surface area contributed by atoms with Gasteiger partial charge in [0.1, 0.15) is 5.75 Å². The summed E-state index contributed by atoms with van der Waals surface area (Å²) in [5, 5.41) is 8.24. The highest BCUT2D eigenvalue weighted by molar-refractivity contribution is 6.30. The van der Waals surface area contributed by atoms with E-state index in [1.807, 2.05) is 0 Å². The highest BCUT2D eigenvalue weighted by Crippen LogP contribution is 2.21. The Hall–Kier alpha value is -3.00. The van der Waals surface area contributed by atoms with Gasteiger partial charge in [-0.25, -0.2) is 4.79 Å². The first-order valence-corrected chi connectivity index (χ1v) is 7.69. The molecule has 3 aromatic rings. The molecule has 0 radical (unpaired) electrons. The molecule has 0 aliphatic carbocycles. The van der Waals surface area contributed by atoms with E-state index < -0.39 is 12.6 Å². The fraction of sp³-hybridized carbons (Fsp3) is 0.118. The zero-order valence-corrected chi connectivity index (χ0v) is 13.8. The second-order valence-corrected chi connectivity index (χ2v) is 5.42. The summed E-state index contributed by atoms with van der Waals surface area (Å²) in [4.78, 5) is 12.0. The van der Waals surface area contributed by atoms with Crippen LogP contribution < -0.4 is 4.74 Å². The molecule has 0 aliphatic heterocycles. The maximum Gasteiger partial charge on any atom is 0.387 e. The average Bonchev–Trinajstić information content (AvgIpc) is 3.09. The summed E-state index contributed by atoms with van der Waals surface area (Å²) in [6.07, 6.45) is 0. The Morgan fingerprint density at radius 3 is 2.42 bits per heavy atom. The molecule has 6 nitrogen and oxygen atoms in total. The van der Waals surface area contributed by atoms with E-state index in [4.69, 9.17) is 20.8 Å². The van der Waals surface area contributed by atoms with Crippen molar-refractivity contribution in [3.63, 3.8) is 0 Å². The third kappa shape index (κ3) is 4.54. The van der Waals surface area contributed by atoms with Crippen LogP contribution in [0.15, 0.2) is 52.9 Å². The lowest BCUT2D eigenvalue weighted by Crippen LogP contribution is -2.06. The van der Waals surface area contributed by atoms with Gasteiger partial charge in [0.05, 0.1) is 5.56 Å². The van der Waals surface area contributed by atoms with Gasteiger partial charge in [-0.3, -0.25) is 0 Å². The van der Waals surface area contributed by atoms with E-state index in [2.05, 4.69) is 14.9 Å². The number of aromatic nitrogens is 2. The van der Waals surface area contributed by atoms with Gasteiger partial charge in [0.15, 0.2) is 6.61 Å². The van der Waals surface area contributed by atoms with Crippen molar-refractivity contribution in [3.05, 3.63) is 65.0 Å². The SMILES string of the molecule is O=C(OCc1nnc(-c2ccc(Cl)cc2)o1)c1ccc(OC(F)F)cc1. The molecule has 0 N–H and O–H groups in total. The van der Waals surface area contributed by atoms with Gasteiger partial charge in [0, 0.05) is 10.6 Å². The summed E-state index contributed by atoms with van der Waals surface area (Å²) in [5.41, 5.74) is 0.846.